The number of carbonyl (C=O) groups is 1. The van der Waals surface area contributed by atoms with Gasteiger partial charge in [0.1, 0.15) is 5.75 Å². The van der Waals surface area contributed by atoms with E-state index in [-0.39, 0.29) is 24.7 Å². The van der Waals surface area contributed by atoms with Gasteiger partial charge in [0.15, 0.2) is 6.23 Å². The number of para-hydroxylation sites is 2. The van der Waals surface area contributed by atoms with Gasteiger partial charge in [-0.2, -0.15) is 0 Å². The highest BCUT2D eigenvalue weighted by Gasteiger charge is 2.18. The Kier molecular flexibility index (Phi) is 3.33. The molecule has 2 rings (SSSR count). The van der Waals surface area contributed by atoms with Crippen molar-refractivity contribution >= 4 is 24.0 Å². The van der Waals surface area contributed by atoms with E-state index in [1.807, 2.05) is 12.1 Å². The van der Waals surface area contributed by atoms with Gasteiger partial charge in [0.2, 0.25) is 5.91 Å². The summed E-state index contributed by atoms with van der Waals surface area (Å²) in [5.41, 5.74) is 6.24. The van der Waals surface area contributed by atoms with Crippen molar-refractivity contribution in [3.8, 4) is 5.75 Å². The van der Waals surface area contributed by atoms with E-state index in [4.69, 9.17) is 10.5 Å². The zero-order chi connectivity index (χ0) is 9.26. The molecule has 0 spiro atoms. The van der Waals surface area contributed by atoms with Crippen LogP contribution in [0.15, 0.2) is 24.3 Å². The first-order chi connectivity index (χ1) is 6.25. The Morgan fingerprint density at radius 1 is 1.43 bits per heavy atom. The smallest absolute Gasteiger partial charge is 0.229 e. The van der Waals surface area contributed by atoms with Crippen molar-refractivity contribution in [2.45, 2.75) is 12.6 Å². The first-order valence-electron chi connectivity index (χ1n) is 4.07. The second-order valence-electron chi connectivity index (χ2n) is 2.90. The van der Waals surface area contributed by atoms with Gasteiger partial charge in [-0.25, -0.2) is 0 Å². The summed E-state index contributed by atoms with van der Waals surface area (Å²) in [5, 5.41) is 2.71. The Morgan fingerprint density at radius 2 is 2.14 bits per heavy atom. The number of rotatable bonds is 0. The lowest BCUT2D eigenvalue weighted by Crippen LogP contribution is -2.29. The molecule has 0 fully saturated rings. The quantitative estimate of drug-likeness (QED) is 0.680. The van der Waals surface area contributed by atoms with E-state index in [1.54, 1.807) is 12.1 Å². The average Bonchev–Trinajstić information content (AvgIpc) is 2.20. The number of halogens is 1. The number of hydrogen-bond donors (Lipinski definition) is 2. The van der Waals surface area contributed by atoms with E-state index in [0.717, 1.165) is 0 Å². The molecule has 0 saturated heterocycles. The molecular formula is C9H11ClN2O2. The molecule has 0 bridgehead atoms. The van der Waals surface area contributed by atoms with E-state index < -0.39 is 6.23 Å². The van der Waals surface area contributed by atoms with Gasteiger partial charge in [-0.15, -0.1) is 12.4 Å². The molecule has 1 aliphatic rings. The largest absolute Gasteiger partial charge is 0.473 e. The first-order valence-corrected chi connectivity index (χ1v) is 4.07. The number of anilines is 1. The lowest BCUT2D eigenvalue weighted by molar-refractivity contribution is -0.117. The maximum Gasteiger partial charge on any atom is 0.229 e. The lowest BCUT2D eigenvalue weighted by atomic mass is 10.3. The van der Waals surface area contributed by atoms with Crippen LogP contribution in [0, 0.1) is 0 Å². The SMILES string of the molecule is Cl.N[C@@H]1CC(=O)Nc2ccccc2O1. The molecule has 0 aromatic heterocycles. The monoisotopic (exact) mass is 214 g/mol. The van der Waals surface area contributed by atoms with Crippen LogP contribution in [0.2, 0.25) is 0 Å². The summed E-state index contributed by atoms with van der Waals surface area (Å²) in [5.74, 6) is 0.512. The van der Waals surface area contributed by atoms with Crippen LogP contribution in [0.25, 0.3) is 0 Å². The van der Waals surface area contributed by atoms with Crippen molar-refractivity contribution in [2.24, 2.45) is 5.73 Å². The van der Waals surface area contributed by atoms with Crippen molar-refractivity contribution in [1.29, 1.82) is 0 Å². The van der Waals surface area contributed by atoms with Crippen LogP contribution in [-0.4, -0.2) is 12.1 Å². The van der Waals surface area contributed by atoms with Crippen LogP contribution in [0.3, 0.4) is 0 Å². The van der Waals surface area contributed by atoms with E-state index in [9.17, 15) is 4.79 Å². The van der Waals surface area contributed by atoms with E-state index in [0.29, 0.717) is 11.4 Å². The Morgan fingerprint density at radius 3 is 2.93 bits per heavy atom. The molecule has 14 heavy (non-hydrogen) atoms. The molecule has 0 aliphatic carbocycles. The molecule has 1 heterocycles. The predicted octanol–water partition coefficient (Wildman–Crippen LogP) is 1.11. The molecule has 1 amide bonds. The maximum atomic E-state index is 11.2. The second-order valence-corrected chi connectivity index (χ2v) is 2.90. The van der Waals surface area contributed by atoms with E-state index in [2.05, 4.69) is 5.32 Å². The van der Waals surface area contributed by atoms with Crippen molar-refractivity contribution in [3.63, 3.8) is 0 Å². The summed E-state index contributed by atoms with van der Waals surface area (Å²) in [6, 6.07) is 7.23. The van der Waals surface area contributed by atoms with Crippen LogP contribution in [0.4, 0.5) is 5.69 Å². The number of ether oxygens (including phenoxy) is 1. The standard InChI is InChI=1S/C9H10N2O2.ClH/c10-8-5-9(12)11-6-3-1-2-4-7(6)13-8;/h1-4,8H,5,10H2,(H,11,12);1H/t8-;/m0./s1. The fourth-order valence-electron chi connectivity index (χ4n) is 1.26. The van der Waals surface area contributed by atoms with Crippen LogP contribution in [0.1, 0.15) is 6.42 Å². The fraction of sp³-hybridized carbons (Fsp3) is 0.222. The topological polar surface area (TPSA) is 64.4 Å². The molecule has 1 aliphatic heterocycles. The Hall–Kier alpha value is -1.26. The lowest BCUT2D eigenvalue weighted by Gasteiger charge is -2.09. The number of benzene rings is 1. The highest BCUT2D eigenvalue weighted by Crippen LogP contribution is 2.26. The molecule has 0 radical (unpaired) electrons. The Balaban J connectivity index is 0.000000980. The molecule has 1 atom stereocenters. The minimum Gasteiger partial charge on any atom is -0.473 e. The van der Waals surface area contributed by atoms with Gasteiger partial charge in [-0.3, -0.25) is 10.5 Å². The second kappa shape index (κ2) is 4.30. The number of nitrogens with two attached hydrogens (primary N) is 1. The van der Waals surface area contributed by atoms with Crippen LogP contribution in [0.5, 0.6) is 5.75 Å². The number of nitrogens with one attached hydrogen (secondary N) is 1. The van der Waals surface area contributed by atoms with Crippen molar-refractivity contribution in [2.75, 3.05) is 5.32 Å². The minimum absolute atomic E-state index is 0. The Bertz CT molecular complexity index is 343. The molecule has 4 nitrogen and oxygen atoms in total. The minimum atomic E-state index is -0.552. The molecule has 3 N–H and O–H groups in total. The number of hydrogen-bond acceptors (Lipinski definition) is 3. The van der Waals surface area contributed by atoms with Crippen LogP contribution in [-0.2, 0) is 4.79 Å². The van der Waals surface area contributed by atoms with Crippen molar-refractivity contribution in [3.05, 3.63) is 24.3 Å². The number of amides is 1. The fourth-order valence-corrected chi connectivity index (χ4v) is 1.26. The summed E-state index contributed by atoms with van der Waals surface area (Å²) < 4.78 is 5.32. The van der Waals surface area contributed by atoms with Crippen molar-refractivity contribution < 1.29 is 9.53 Å². The zero-order valence-electron chi connectivity index (χ0n) is 7.40. The van der Waals surface area contributed by atoms with Crippen LogP contribution >= 0.6 is 12.4 Å². The van der Waals surface area contributed by atoms with Gasteiger partial charge in [-0.1, -0.05) is 12.1 Å². The van der Waals surface area contributed by atoms with Crippen LogP contribution < -0.4 is 15.8 Å². The molecule has 0 unspecified atom stereocenters. The van der Waals surface area contributed by atoms with E-state index >= 15 is 0 Å². The molecular weight excluding hydrogens is 204 g/mol. The molecule has 76 valence electrons. The highest BCUT2D eigenvalue weighted by molar-refractivity contribution is 5.93. The van der Waals surface area contributed by atoms with Gasteiger partial charge in [0.25, 0.3) is 0 Å². The van der Waals surface area contributed by atoms with Gasteiger partial charge in [-0.05, 0) is 12.1 Å². The molecule has 1 aromatic carbocycles. The highest BCUT2D eigenvalue weighted by atomic mass is 35.5. The van der Waals surface area contributed by atoms with Gasteiger partial charge >= 0.3 is 0 Å². The zero-order valence-corrected chi connectivity index (χ0v) is 8.21. The van der Waals surface area contributed by atoms with Crippen molar-refractivity contribution in [1.82, 2.24) is 0 Å². The molecule has 0 saturated carbocycles. The van der Waals surface area contributed by atoms with E-state index in [1.165, 1.54) is 0 Å². The summed E-state index contributed by atoms with van der Waals surface area (Å²) >= 11 is 0. The third-order valence-corrected chi connectivity index (χ3v) is 1.83. The summed E-state index contributed by atoms with van der Waals surface area (Å²) in [4.78, 5) is 11.2. The summed E-state index contributed by atoms with van der Waals surface area (Å²) in [6.07, 6.45) is -0.363. The number of carbonyl (C=O) groups excluding carboxylic acids is 1. The third kappa shape index (κ3) is 2.16. The third-order valence-electron chi connectivity index (χ3n) is 1.83. The first kappa shape index (κ1) is 10.8. The molecule has 5 heteroatoms. The average molecular weight is 215 g/mol. The Labute approximate surface area is 87.8 Å². The number of fused-ring (bicyclic) bond motifs is 1. The van der Waals surface area contributed by atoms with Gasteiger partial charge in [0, 0.05) is 0 Å². The maximum absolute atomic E-state index is 11.2. The van der Waals surface area contributed by atoms with Gasteiger partial charge < -0.3 is 10.1 Å². The van der Waals surface area contributed by atoms with Gasteiger partial charge in [0.05, 0.1) is 12.1 Å². The predicted molar refractivity (Wildman–Crippen MR) is 55.5 cm³/mol. The summed E-state index contributed by atoms with van der Waals surface area (Å²) in [6.45, 7) is 0. The summed E-state index contributed by atoms with van der Waals surface area (Å²) in [7, 11) is 0. The normalized spacial score (nSPS) is 19.5. The molecule has 1 aromatic rings.